The molecule has 0 amide bonds. The number of hydrogen-bond acceptors (Lipinski definition) is 4. The van der Waals surface area contributed by atoms with Crippen molar-refractivity contribution in [2.45, 2.75) is 27.7 Å². The average Bonchev–Trinajstić information content (AvgIpc) is 3.42. The Labute approximate surface area is 181 Å². The summed E-state index contributed by atoms with van der Waals surface area (Å²) in [6.07, 6.45) is 16.2. The van der Waals surface area contributed by atoms with Gasteiger partial charge in [0.15, 0.2) is 0 Å². The Kier molecular flexibility index (Phi) is 4.81. The van der Waals surface area contributed by atoms with E-state index >= 15 is 0 Å². The van der Waals surface area contributed by atoms with Gasteiger partial charge in [-0.15, -0.1) is 0 Å². The second kappa shape index (κ2) is 7.18. The molecule has 147 valence electrons. The molecule has 1 radical (unpaired) electrons. The van der Waals surface area contributed by atoms with Crippen LogP contribution in [0.4, 0.5) is 0 Å². The number of fused-ring (bicyclic) bond motifs is 4. The molecule has 0 saturated carbocycles. The first-order chi connectivity index (χ1) is 13.5. The van der Waals surface area contributed by atoms with Crippen molar-refractivity contribution < 1.29 is 17.1 Å². The molecule has 4 nitrogen and oxygen atoms in total. The summed E-state index contributed by atoms with van der Waals surface area (Å²) in [4.78, 5) is 19.2. The van der Waals surface area contributed by atoms with Crippen LogP contribution in [-0.2, 0) is 17.1 Å². The van der Waals surface area contributed by atoms with E-state index in [-0.39, 0.29) is 17.1 Å². The van der Waals surface area contributed by atoms with Crippen molar-refractivity contribution in [1.82, 2.24) is 0 Å². The number of rotatable bonds is 0. The number of allylic oxidation sites excluding steroid dienone is 12. The zero-order valence-corrected chi connectivity index (χ0v) is 17.7. The van der Waals surface area contributed by atoms with E-state index in [1.165, 1.54) is 11.1 Å². The van der Waals surface area contributed by atoms with Gasteiger partial charge >= 0.3 is 0 Å². The molecule has 0 saturated heterocycles. The molecule has 8 bridgehead atoms. The molecule has 0 aliphatic carbocycles. The monoisotopic (exact) mass is 427 g/mol. The summed E-state index contributed by atoms with van der Waals surface area (Å²) in [5, 5.41) is 0. The van der Waals surface area contributed by atoms with E-state index in [0.29, 0.717) is 0 Å². The van der Waals surface area contributed by atoms with Gasteiger partial charge in [0.05, 0.1) is 45.6 Å². The Hall–Kier alpha value is -2.88. The van der Waals surface area contributed by atoms with Crippen molar-refractivity contribution in [3.63, 3.8) is 0 Å². The van der Waals surface area contributed by atoms with Crippen molar-refractivity contribution in [1.29, 1.82) is 0 Å². The molecule has 0 N–H and O–H groups in total. The van der Waals surface area contributed by atoms with Crippen LogP contribution in [0.5, 0.6) is 0 Å². The van der Waals surface area contributed by atoms with Crippen molar-refractivity contribution in [2.24, 2.45) is 20.0 Å². The van der Waals surface area contributed by atoms with Crippen molar-refractivity contribution in [3.05, 3.63) is 93.7 Å². The molecule has 5 rings (SSSR count). The second-order valence-electron chi connectivity index (χ2n) is 7.46. The molecule has 0 fully saturated rings. The van der Waals surface area contributed by atoms with Crippen LogP contribution in [0.15, 0.2) is 114 Å². The Morgan fingerprint density at radius 1 is 0.552 bits per heavy atom. The third kappa shape index (κ3) is 3.37. The molecule has 5 aliphatic rings. The van der Waals surface area contributed by atoms with Gasteiger partial charge in [0.1, 0.15) is 0 Å². The van der Waals surface area contributed by atoms with Gasteiger partial charge < -0.3 is 0 Å². The first kappa shape index (κ1) is 19.4. The third-order valence-corrected chi connectivity index (χ3v) is 5.47. The maximum absolute atomic E-state index is 4.93. The standard InChI is InChI=1S/C24H20N4.Cu/c1-13-9-21-11-19-6-5-17(25-19)10-18-7-8-20(26-18)12-22-14(2)15(3)24(28-22)16(4)23(13)27-21;/h5-12H,1-4H3;. The van der Waals surface area contributed by atoms with Gasteiger partial charge in [-0.2, -0.15) is 0 Å². The van der Waals surface area contributed by atoms with E-state index in [4.69, 9.17) is 15.0 Å². The van der Waals surface area contributed by atoms with Crippen LogP contribution in [0, 0.1) is 0 Å². The summed E-state index contributed by atoms with van der Waals surface area (Å²) >= 11 is 0. The van der Waals surface area contributed by atoms with Gasteiger partial charge in [0, 0.05) is 22.6 Å². The minimum absolute atomic E-state index is 0. The average molecular weight is 428 g/mol. The van der Waals surface area contributed by atoms with E-state index < -0.39 is 0 Å². The number of nitrogens with zero attached hydrogens (tertiary/aromatic N) is 4. The fraction of sp³-hybridized carbons (Fsp3) is 0.167. The van der Waals surface area contributed by atoms with Crippen LogP contribution in [0.2, 0.25) is 0 Å². The van der Waals surface area contributed by atoms with E-state index in [9.17, 15) is 0 Å². The maximum atomic E-state index is 4.93. The molecule has 5 aliphatic heterocycles. The van der Waals surface area contributed by atoms with Gasteiger partial charge in [-0.05, 0) is 93.0 Å². The maximum Gasteiger partial charge on any atom is 0.0720 e. The van der Waals surface area contributed by atoms with Gasteiger partial charge in [-0.3, -0.25) is 0 Å². The first-order valence-electron chi connectivity index (χ1n) is 9.42. The molecular formula is C24H20CuN4. The molecule has 5 heteroatoms. The molecule has 0 aromatic heterocycles. The van der Waals surface area contributed by atoms with Crippen LogP contribution < -0.4 is 0 Å². The second-order valence-corrected chi connectivity index (χ2v) is 7.46. The predicted molar refractivity (Wildman–Crippen MR) is 117 cm³/mol. The summed E-state index contributed by atoms with van der Waals surface area (Å²) in [7, 11) is 0. The SMILES string of the molecule is CC1=CC2=CC3=NC(=CC4=NC(=CC5=NC(=C(C)C1=N2)C(C)=C5C)C=C4)C=C3.[Cu]. The summed E-state index contributed by atoms with van der Waals surface area (Å²) in [6, 6.07) is 0. The molecule has 0 aromatic rings. The molecule has 0 spiro atoms. The van der Waals surface area contributed by atoms with Crippen LogP contribution in [0.1, 0.15) is 27.7 Å². The van der Waals surface area contributed by atoms with Crippen LogP contribution in [-0.4, -0.2) is 22.8 Å². The fourth-order valence-corrected chi connectivity index (χ4v) is 3.82. The Morgan fingerprint density at radius 3 is 1.86 bits per heavy atom. The Morgan fingerprint density at radius 2 is 1.17 bits per heavy atom. The molecule has 0 unspecified atom stereocenters. The fourth-order valence-electron chi connectivity index (χ4n) is 3.82. The zero-order valence-electron chi connectivity index (χ0n) is 16.7. The van der Waals surface area contributed by atoms with Gasteiger partial charge in [-0.1, -0.05) is 0 Å². The van der Waals surface area contributed by atoms with Gasteiger partial charge in [0.2, 0.25) is 0 Å². The predicted octanol–water partition coefficient (Wildman–Crippen LogP) is 5.14. The molecule has 29 heavy (non-hydrogen) atoms. The first-order valence-corrected chi connectivity index (χ1v) is 9.42. The van der Waals surface area contributed by atoms with Crippen LogP contribution >= 0.6 is 0 Å². The summed E-state index contributed by atoms with van der Waals surface area (Å²) in [5.41, 5.74) is 12.1. The van der Waals surface area contributed by atoms with E-state index in [1.54, 1.807) is 0 Å². The quantitative estimate of drug-likeness (QED) is 0.481. The number of hydrogen-bond donors (Lipinski definition) is 0. The van der Waals surface area contributed by atoms with E-state index in [0.717, 1.165) is 56.8 Å². The zero-order chi connectivity index (χ0) is 19.4. The number of aliphatic imine (C=N–C) groups is 4. The summed E-state index contributed by atoms with van der Waals surface area (Å²) < 4.78 is 0. The topological polar surface area (TPSA) is 49.4 Å². The largest absolute Gasteiger partial charge is 0.249 e. The van der Waals surface area contributed by atoms with Crippen molar-refractivity contribution in [3.8, 4) is 0 Å². The molecule has 0 atom stereocenters. The van der Waals surface area contributed by atoms with Crippen LogP contribution in [0.25, 0.3) is 0 Å². The van der Waals surface area contributed by atoms with E-state index in [2.05, 4.69) is 44.8 Å². The molecular weight excluding hydrogens is 408 g/mol. The Bertz CT molecular complexity index is 1220. The smallest absolute Gasteiger partial charge is 0.0720 e. The van der Waals surface area contributed by atoms with Gasteiger partial charge in [0.25, 0.3) is 0 Å². The summed E-state index contributed by atoms with van der Waals surface area (Å²) in [5.74, 6) is 0. The molecule has 5 heterocycles. The normalized spacial score (nSPS) is 21.9. The van der Waals surface area contributed by atoms with Crippen molar-refractivity contribution >= 4 is 22.8 Å². The summed E-state index contributed by atoms with van der Waals surface area (Å²) in [6.45, 7) is 8.45. The minimum Gasteiger partial charge on any atom is -0.249 e. The minimum atomic E-state index is 0. The Balaban J connectivity index is 0.00000205. The van der Waals surface area contributed by atoms with Gasteiger partial charge in [-0.25, -0.2) is 20.0 Å². The van der Waals surface area contributed by atoms with E-state index in [1.807, 2.05) is 36.5 Å². The van der Waals surface area contributed by atoms with Crippen molar-refractivity contribution in [2.75, 3.05) is 0 Å². The van der Waals surface area contributed by atoms with Crippen LogP contribution in [0.3, 0.4) is 0 Å². The molecule has 0 aromatic carbocycles. The third-order valence-electron chi connectivity index (χ3n) is 5.47.